The van der Waals surface area contributed by atoms with Crippen LogP contribution in [-0.4, -0.2) is 37.2 Å². The fourth-order valence-corrected chi connectivity index (χ4v) is 9.98. The number of rotatable bonds is 63. The van der Waals surface area contributed by atoms with Crippen molar-refractivity contribution in [2.45, 2.75) is 354 Å². The van der Waals surface area contributed by atoms with E-state index in [-0.39, 0.29) is 31.6 Å². The van der Waals surface area contributed by atoms with E-state index in [9.17, 15) is 14.4 Å². The van der Waals surface area contributed by atoms with Gasteiger partial charge in [-0.05, 0) is 96.3 Å². The third-order valence-corrected chi connectivity index (χ3v) is 15.1. The Morgan fingerprint density at radius 2 is 0.525 bits per heavy atom. The van der Waals surface area contributed by atoms with Crippen LogP contribution in [-0.2, 0) is 28.6 Å². The normalized spacial score (nSPS) is 12.6. The quantitative estimate of drug-likeness (QED) is 0.0261. The Kier molecular flexibility index (Phi) is 65.2. The van der Waals surface area contributed by atoms with Crippen LogP contribution in [0.2, 0.25) is 0 Å². The molecule has 0 heterocycles. The molecule has 0 aromatic heterocycles. The topological polar surface area (TPSA) is 78.9 Å². The molecule has 0 spiro atoms. The SMILES string of the molecule is CC/C=C\C/C=C\C/C=C\C/C=C\C/C=C\CC(=O)OC(COC(=O)CCCCCCC/C=C\CCCCCCC)COC(=O)CCCCCCCCCCCCCCCCCCCCCCC/C=C\CCCCCCCCCC. The van der Waals surface area contributed by atoms with Gasteiger partial charge in [0.15, 0.2) is 6.10 Å². The maximum absolute atomic E-state index is 12.8. The van der Waals surface area contributed by atoms with Crippen LogP contribution in [0.3, 0.4) is 0 Å². The maximum atomic E-state index is 12.8. The highest BCUT2D eigenvalue weighted by atomic mass is 16.6. The molecule has 0 amide bonds. The lowest BCUT2D eigenvalue weighted by Gasteiger charge is -2.18. The number of ether oxygens (including phenoxy) is 3. The first-order valence-corrected chi connectivity index (χ1v) is 34.6. The molecule has 0 aliphatic heterocycles. The van der Waals surface area contributed by atoms with Gasteiger partial charge in [0.2, 0.25) is 0 Å². The van der Waals surface area contributed by atoms with E-state index in [0.717, 1.165) is 83.5 Å². The van der Waals surface area contributed by atoms with Crippen molar-refractivity contribution in [3.05, 3.63) is 85.1 Å². The number of carbonyl (C=O) groups excluding carboxylic acids is 3. The van der Waals surface area contributed by atoms with Gasteiger partial charge in [0.25, 0.3) is 0 Å². The number of esters is 3. The van der Waals surface area contributed by atoms with E-state index < -0.39 is 12.1 Å². The van der Waals surface area contributed by atoms with Crippen LogP contribution in [0.25, 0.3) is 0 Å². The van der Waals surface area contributed by atoms with E-state index in [0.29, 0.717) is 12.8 Å². The molecule has 0 N–H and O–H groups in total. The molecule has 1 unspecified atom stereocenters. The smallest absolute Gasteiger partial charge is 0.310 e. The molecule has 1 atom stereocenters. The standard InChI is InChI=1S/C74H130O6/c1-4-7-10-13-16-19-22-25-28-29-30-31-32-33-34-35-36-37-38-39-40-41-42-43-44-45-47-49-52-55-58-61-64-67-73(76)79-70-71(69-78-72(75)66-63-60-57-54-51-48-27-24-21-18-15-12-9-6-3)80-74(77)68-65-62-59-56-53-50-46-26-23-20-17-14-11-8-5-2/h8,11,17,20,24,26-27,29-30,46,53,56,62,65,71H,4-7,9-10,12-16,18-19,21-23,25,28,31-45,47-52,54-55,57-61,63-64,66-70H2,1-3H3/b11-8-,20-17-,27-24-,30-29-,46-26-,56-53-,65-62-. The molecule has 0 aromatic carbocycles. The Balaban J connectivity index is 4.18. The lowest BCUT2D eigenvalue weighted by molar-refractivity contribution is -0.166. The van der Waals surface area contributed by atoms with Gasteiger partial charge in [-0.2, -0.15) is 0 Å². The molecule has 462 valence electrons. The van der Waals surface area contributed by atoms with Gasteiger partial charge in [-0.25, -0.2) is 0 Å². The summed E-state index contributed by atoms with van der Waals surface area (Å²) in [6, 6.07) is 0. The first-order valence-electron chi connectivity index (χ1n) is 34.6. The Hall–Kier alpha value is -3.41. The molecule has 0 saturated carbocycles. The summed E-state index contributed by atoms with van der Waals surface area (Å²) in [5.41, 5.74) is 0. The van der Waals surface area contributed by atoms with E-state index in [4.69, 9.17) is 14.2 Å². The third-order valence-electron chi connectivity index (χ3n) is 15.1. The van der Waals surface area contributed by atoms with Crippen molar-refractivity contribution >= 4 is 17.9 Å². The number of carbonyl (C=O) groups is 3. The number of hydrogen-bond donors (Lipinski definition) is 0. The van der Waals surface area contributed by atoms with E-state index in [1.165, 1.54) is 225 Å². The summed E-state index contributed by atoms with van der Waals surface area (Å²) in [4.78, 5) is 38.2. The maximum Gasteiger partial charge on any atom is 0.310 e. The van der Waals surface area contributed by atoms with Crippen LogP contribution in [0.5, 0.6) is 0 Å². The molecule has 0 fully saturated rings. The first-order chi connectivity index (χ1) is 39.5. The van der Waals surface area contributed by atoms with Crippen molar-refractivity contribution < 1.29 is 28.6 Å². The second-order valence-corrected chi connectivity index (χ2v) is 23.1. The number of allylic oxidation sites excluding steroid dienone is 13. The van der Waals surface area contributed by atoms with Crippen LogP contribution in [0.4, 0.5) is 0 Å². The Morgan fingerprint density at radius 1 is 0.275 bits per heavy atom. The summed E-state index contributed by atoms with van der Waals surface area (Å²) < 4.78 is 16.8. The Labute approximate surface area is 496 Å². The molecular weight excluding hydrogens is 985 g/mol. The minimum atomic E-state index is -0.834. The van der Waals surface area contributed by atoms with Gasteiger partial charge in [0.1, 0.15) is 13.2 Å². The highest BCUT2D eigenvalue weighted by Gasteiger charge is 2.19. The van der Waals surface area contributed by atoms with Gasteiger partial charge in [-0.3, -0.25) is 14.4 Å². The van der Waals surface area contributed by atoms with Crippen molar-refractivity contribution in [2.75, 3.05) is 13.2 Å². The minimum Gasteiger partial charge on any atom is -0.462 e. The summed E-state index contributed by atoms with van der Waals surface area (Å²) in [6.07, 6.45) is 90.9. The predicted octanol–water partition coefficient (Wildman–Crippen LogP) is 23.8. The lowest BCUT2D eigenvalue weighted by Crippen LogP contribution is -2.30. The van der Waals surface area contributed by atoms with Gasteiger partial charge < -0.3 is 14.2 Å². The molecule has 80 heavy (non-hydrogen) atoms. The highest BCUT2D eigenvalue weighted by Crippen LogP contribution is 2.17. The van der Waals surface area contributed by atoms with Crippen molar-refractivity contribution in [1.29, 1.82) is 0 Å². The summed E-state index contributed by atoms with van der Waals surface area (Å²) in [5.74, 6) is -1.04. The minimum absolute atomic E-state index is 0.0967. The predicted molar refractivity (Wildman–Crippen MR) is 348 cm³/mol. The van der Waals surface area contributed by atoms with Crippen molar-refractivity contribution in [1.82, 2.24) is 0 Å². The summed E-state index contributed by atoms with van der Waals surface area (Å²) in [6.45, 7) is 6.46. The second-order valence-electron chi connectivity index (χ2n) is 23.1. The van der Waals surface area contributed by atoms with Gasteiger partial charge in [-0.1, -0.05) is 318 Å². The summed E-state index contributed by atoms with van der Waals surface area (Å²) in [7, 11) is 0. The zero-order valence-corrected chi connectivity index (χ0v) is 53.1. The zero-order chi connectivity index (χ0) is 57.8. The molecule has 0 radical (unpaired) electrons. The monoisotopic (exact) mass is 1110 g/mol. The molecule has 0 aliphatic rings. The van der Waals surface area contributed by atoms with Crippen LogP contribution in [0.1, 0.15) is 348 Å². The molecular formula is C74H130O6. The fourth-order valence-electron chi connectivity index (χ4n) is 9.98. The molecule has 0 bridgehead atoms. The van der Waals surface area contributed by atoms with Gasteiger partial charge >= 0.3 is 17.9 Å². The average molecular weight is 1120 g/mol. The molecule has 6 heteroatoms. The van der Waals surface area contributed by atoms with Crippen molar-refractivity contribution in [3.8, 4) is 0 Å². The molecule has 0 saturated heterocycles. The van der Waals surface area contributed by atoms with Crippen LogP contribution >= 0.6 is 0 Å². The van der Waals surface area contributed by atoms with Crippen molar-refractivity contribution in [3.63, 3.8) is 0 Å². The third kappa shape index (κ3) is 65.4. The van der Waals surface area contributed by atoms with E-state index in [1.807, 2.05) is 6.08 Å². The molecule has 0 aromatic rings. The first kappa shape index (κ1) is 76.6. The second kappa shape index (κ2) is 68.1. The number of hydrogen-bond acceptors (Lipinski definition) is 6. The molecule has 0 rings (SSSR count). The van der Waals surface area contributed by atoms with Gasteiger partial charge in [0, 0.05) is 12.8 Å². The van der Waals surface area contributed by atoms with Gasteiger partial charge in [0.05, 0.1) is 6.42 Å². The van der Waals surface area contributed by atoms with Crippen LogP contribution in [0, 0.1) is 0 Å². The zero-order valence-electron chi connectivity index (χ0n) is 53.1. The van der Waals surface area contributed by atoms with E-state index in [2.05, 4.69) is 93.7 Å². The molecule has 0 aliphatic carbocycles. The molecule has 6 nitrogen and oxygen atoms in total. The van der Waals surface area contributed by atoms with Gasteiger partial charge in [-0.15, -0.1) is 0 Å². The van der Waals surface area contributed by atoms with E-state index in [1.54, 1.807) is 6.08 Å². The Morgan fingerprint density at radius 3 is 0.812 bits per heavy atom. The average Bonchev–Trinajstić information content (AvgIpc) is 3.46. The van der Waals surface area contributed by atoms with Crippen LogP contribution < -0.4 is 0 Å². The Bertz CT molecular complexity index is 1520. The summed E-state index contributed by atoms with van der Waals surface area (Å²) >= 11 is 0. The summed E-state index contributed by atoms with van der Waals surface area (Å²) in [5, 5.41) is 0. The largest absolute Gasteiger partial charge is 0.462 e. The number of unbranched alkanes of at least 4 members (excludes halogenated alkanes) is 39. The lowest BCUT2D eigenvalue weighted by atomic mass is 10.0. The highest BCUT2D eigenvalue weighted by molar-refractivity contribution is 5.72. The fraction of sp³-hybridized carbons (Fsp3) is 0.770. The van der Waals surface area contributed by atoms with Crippen molar-refractivity contribution in [2.24, 2.45) is 0 Å². The van der Waals surface area contributed by atoms with E-state index >= 15 is 0 Å². The van der Waals surface area contributed by atoms with Crippen LogP contribution in [0.15, 0.2) is 85.1 Å².